The lowest BCUT2D eigenvalue weighted by Gasteiger charge is -2.07. The highest BCUT2D eigenvalue weighted by Gasteiger charge is 2.17. The van der Waals surface area contributed by atoms with E-state index in [1.807, 2.05) is 36.5 Å². The molecule has 1 aliphatic rings. The number of aromatic nitrogens is 3. The molecule has 2 aromatic heterocycles. The van der Waals surface area contributed by atoms with E-state index >= 15 is 0 Å². The summed E-state index contributed by atoms with van der Waals surface area (Å²) in [6.45, 7) is 2.07. The quantitative estimate of drug-likeness (QED) is 0.775. The lowest BCUT2D eigenvalue weighted by atomic mass is 10.0. The van der Waals surface area contributed by atoms with Crippen LogP contribution in [0, 0.1) is 5.92 Å². The Kier molecular flexibility index (Phi) is 3.27. The average molecular weight is 294 g/mol. The van der Waals surface area contributed by atoms with Gasteiger partial charge in [0.05, 0.1) is 0 Å². The van der Waals surface area contributed by atoms with Crippen molar-refractivity contribution in [3.05, 3.63) is 58.6 Å². The molecule has 22 heavy (non-hydrogen) atoms. The molecule has 3 aromatic rings. The Balaban J connectivity index is 1.79. The molecule has 0 radical (unpaired) electrons. The van der Waals surface area contributed by atoms with Gasteiger partial charge in [-0.3, -0.25) is 9.89 Å². The fraction of sp³-hybridized carbons (Fsp3) is 0.294. The van der Waals surface area contributed by atoms with Crippen LogP contribution in [0.2, 0.25) is 0 Å². The summed E-state index contributed by atoms with van der Waals surface area (Å²) in [7, 11) is 0. The van der Waals surface area contributed by atoms with Crippen molar-refractivity contribution in [1.82, 2.24) is 19.9 Å². The second kappa shape index (κ2) is 5.42. The standard InChI is InChI=1S/C17H18N4O/c22-16-9-14(8-12-6-7-18-10-12)20-17-15(11-19-21(16)17)13-4-2-1-3-5-13/h1-5,9,11-12,18-19H,6-8,10H2. The van der Waals surface area contributed by atoms with Gasteiger partial charge in [0.1, 0.15) is 0 Å². The topological polar surface area (TPSA) is 62.2 Å². The lowest BCUT2D eigenvalue weighted by Crippen LogP contribution is -2.18. The fourth-order valence-corrected chi connectivity index (χ4v) is 3.15. The van der Waals surface area contributed by atoms with Crippen LogP contribution in [0.25, 0.3) is 16.8 Å². The molecule has 0 amide bonds. The molecule has 5 nitrogen and oxygen atoms in total. The summed E-state index contributed by atoms with van der Waals surface area (Å²) in [5.74, 6) is 0.577. The highest BCUT2D eigenvalue weighted by molar-refractivity contribution is 5.76. The Labute approximate surface area is 128 Å². The van der Waals surface area contributed by atoms with Crippen LogP contribution >= 0.6 is 0 Å². The third kappa shape index (κ3) is 2.33. The molecule has 112 valence electrons. The molecule has 5 heteroatoms. The van der Waals surface area contributed by atoms with Gasteiger partial charge in [0.25, 0.3) is 5.56 Å². The van der Waals surface area contributed by atoms with Gasteiger partial charge < -0.3 is 5.32 Å². The molecule has 2 N–H and O–H groups in total. The van der Waals surface area contributed by atoms with Crippen molar-refractivity contribution in [1.29, 1.82) is 0 Å². The number of fused-ring (bicyclic) bond motifs is 1. The van der Waals surface area contributed by atoms with Crippen molar-refractivity contribution in [3.8, 4) is 11.1 Å². The average Bonchev–Trinajstić information content (AvgIpc) is 3.18. The Morgan fingerprint density at radius 3 is 2.91 bits per heavy atom. The summed E-state index contributed by atoms with van der Waals surface area (Å²) in [5, 5.41) is 6.36. The molecule has 0 aliphatic carbocycles. The summed E-state index contributed by atoms with van der Waals surface area (Å²) in [5.41, 5.74) is 3.57. The Bertz CT molecular complexity index is 844. The van der Waals surface area contributed by atoms with Crippen LogP contribution in [0.15, 0.2) is 47.4 Å². The first-order valence-corrected chi connectivity index (χ1v) is 7.67. The molecule has 4 rings (SSSR count). The molecule has 1 aliphatic heterocycles. The minimum absolute atomic E-state index is 0.0480. The fourth-order valence-electron chi connectivity index (χ4n) is 3.15. The molecule has 1 atom stereocenters. The molecule has 3 heterocycles. The summed E-state index contributed by atoms with van der Waals surface area (Å²) in [4.78, 5) is 17.0. The van der Waals surface area contributed by atoms with Crippen LogP contribution in [-0.2, 0) is 6.42 Å². The highest BCUT2D eigenvalue weighted by atomic mass is 16.1. The van der Waals surface area contributed by atoms with Gasteiger partial charge in [0, 0.05) is 23.5 Å². The first-order valence-electron chi connectivity index (χ1n) is 7.67. The molecule has 0 saturated carbocycles. The van der Waals surface area contributed by atoms with Crippen molar-refractivity contribution in [2.45, 2.75) is 12.8 Å². The molecule has 1 saturated heterocycles. The van der Waals surface area contributed by atoms with Crippen LogP contribution in [-0.4, -0.2) is 27.7 Å². The first kappa shape index (κ1) is 13.3. The van der Waals surface area contributed by atoms with Crippen molar-refractivity contribution in [2.24, 2.45) is 5.92 Å². The number of nitrogens with zero attached hydrogens (tertiary/aromatic N) is 2. The normalized spacial score (nSPS) is 18.1. The van der Waals surface area contributed by atoms with Gasteiger partial charge in [-0.15, -0.1) is 0 Å². The zero-order chi connectivity index (χ0) is 14.9. The summed E-state index contributed by atoms with van der Waals surface area (Å²) in [6, 6.07) is 11.7. The largest absolute Gasteiger partial charge is 0.316 e. The number of hydrogen-bond acceptors (Lipinski definition) is 3. The first-order chi connectivity index (χ1) is 10.8. The van der Waals surface area contributed by atoms with E-state index in [0.29, 0.717) is 11.6 Å². The Morgan fingerprint density at radius 2 is 2.14 bits per heavy atom. The Morgan fingerprint density at radius 1 is 1.27 bits per heavy atom. The van der Waals surface area contributed by atoms with Gasteiger partial charge in [0.2, 0.25) is 0 Å². The van der Waals surface area contributed by atoms with E-state index < -0.39 is 0 Å². The minimum atomic E-state index is -0.0480. The third-order valence-electron chi connectivity index (χ3n) is 4.30. The van der Waals surface area contributed by atoms with Crippen molar-refractivity contribution < 1.29 is 0 Å². The maximum Gasteiger partial charge on any atom is 0.272 e. The minimum Gasteiger partial charge on any atom is -0.316 e. The zero-order valence-electron chi connectivity index (χ0n) is 12.2. The van der Waals surface area contributed by atoms with Crippen LogP contribution in [0.1, 0.15) is 12.1 Å². The number of H-pyrrole nitrogens is 1. The summed E-state index contributed by atoms with van der Waals surface area (Å²) >= 11 is 0. The SMILES string of the molecule is O=c1cc(CC2CCNC2)nc2c(-c3ccccc3)c[nH]n12. The van der Waals surface area contributed by atoms with Crippen LogP contribution in [0.3, 0.4) is 0 Å². The molecule has 0 bridgehead atoms. The van der Waals surface area contributed by atoms with Crippen LogP contribution < -0.4 is 10.9 Å². The van der Waals surface area contributed by atoms with Gasteiger partial charge >= 0.3 is 0 Å². The van der Waals surface area contributed by atoms with Crippen molar-refractivity contribution in [3.63, 3.8) is 0 Å². The van der Waals surface area contributed by atoms with Crippen LogP contribution in [0.4, 0.5) is 0 Å². The van der Waals surface area contributed by atoms with Gasteiger partial charge in [-0.05, 0) is 37.4 Å². The van der Waals surface area contributed by atoms with Crippen LogP contribution in [0.5, 0.6) is 0 Å². The number of aromatic amines is 1. The van der Waals surface area contributed by atoms with E-state index in [1.165, 1.54) is 4.52 Å². The monoisotopic (exact) mass is 294 g/mol. The predicted molar refractivity (Wildman–Crippen MR) is 85.9 cm³/mol. The van der Waals surface area contributed by atoms with Crippen molar-refractivity contribution >= 4 is 5.65 Å². The summed E-state index contributed by atoms with van der Waals surface area (Å²) < 4.78 is 1.51. The van der Waals surface area contributed by atoms with Gasteiger partial charge in [-0.2, -0.15) is 0 Å². The van der Waals surface area contributed by atoms with E-state index in [-0.39, 0.29) is 5.56 Å². The smallest absolute Gasteiger partial charge is 0.272 e. The molecule has 0 spiro atoms. The van der Waals surface area contributed by atoms with Gasteiger partial charge in [0.15, 0.2) is 5.65 Å². The van der Waals surface area contributed by atoms with E-state index in [4.69, 9.17) is 4.98 Å². The van der Waals surface area contributed by atoms with Gasteiger partial charge in [-0.25, -0.2) is 9.50 Å². The molecular formula is C17H18N4O. The lowest BCUT2D eigenvalue weighted by molar-refractivity contribution is 0.571. The predicted octanol–water partition coefficient (Wildman–Crippen LogP) is 1.84. The maximum absolute atomic E-state index is 12.3. The van der Waals surface area contributed by atoms with E-state index in [2.05, 4.69) is 10.4 Å². The number of hydrogen-bond donors (Lipinski definition) is 2. The van der Waals surface area contributed by atoms with E-state index in [1.54, 1.807) is 6.07 Å². The second-order valence-electron chi connectivity index (χ2n) is 5.86. The summed E-state index contributed by atoms with van der Waals surface area (Å²) in [6.07, 6.45) is 3.86. The Hall–Kier alpha value is -2.40. The number of nitrogens with one attached hydrogen (secondary N) is 2. The molecular weight excluding hydrogens is 276 g/mol. The van der Waals surface area contributed by atoms with Crippen molar-refractivity contribution in [2.75, 3.05) is 13.1 Å². The van der Waals surface area contributed by atoms with E-state index in [9.17, 15) is 4.79 Å². The molecule has 1 aromatic carbocycles. The third-order valence-corrected chi connectivity index (χ3v) is 4.30. The zero-order valence-corrected chi connectivity index (χ0v) is 12.2. The van der Waals surface area contributed by atoms with Gasteiger partial charge in [-0.1, -0.05) is 30.3 Å². The number of rotatable bonds is 3. The molecule has 1 unspecified atom stereocenters. The molecule has 1 fully saturated rings. The highest BCUT2D eigenvalue weighted by Crippen LogP contribution is 2.22. The number of benzene rings is 1. The van der Waals surface area contributed by atoms with E-state index in [0.717, 1.165) is 42.8 Å². The maximum atomic E-state index is 12.3. The second-order valence-corrected chi connectivity index (χ2v) is 5.86.